The number of Topliss-reactive ketones (excluding diaryl/α,β-unsaturated/α-hetero) is 1. The summed E-state index contributed by atoms with van der Waals surface area (Å²) in [6.45, 7) is 2.88. The summed E-state index contributed by atoms with van der Waals surface area (Å²) in [4.78, 5) is 25.0. The Morgan fingerprint density at radius 1 is 1.21 bits per heavy atom. The minimum absolute atomic E-state index is 0.111. The summed E-state index contributed by atoms with van der Waals surface area (Å²) < 4.78 is 0. The molecule has 0 radical (unpaired) electrons. The van der Waals surface area contributed by atoms with Crippen molar-refractivity contribution in [3.63, 3.8) is 0 Å². The number of urea groups is 1. The molecule has 0 aromatic heterocycles. The standard InChI is InChI=1S/C14H17ClN2O2/c1-10(18)11-6-8-17(9-7-11)14(19)16-13-4-2-12(15)3-5-13/h2-5,11H,6-9H2,1H3,(H,16,19). The van der Waals surface area contributed by atoms with Crippen molar-refractivity contribution < 1.29 is 9.59 Å². The molecule has 4 nitrogen and oxygen atoms in total. The third-order valence-corrected chi connectivity index (χ3v) is 3.70. The van der Waals surface area contributed by atoms with Crippen LogP contribution in [0.25, 0.3) is 0 Å². The Balaban J connectivity index is 1.88. The van der Waals surface area contributed by atoms with Crippen molar-refractivity contribution in [2.45, 2.75) is 19.8 Å². The van der Waals surface area contributed by atoms with Crippen LogP contribution in [0.2, 0.25) is 5.02 Å². The van der Waals surface area contributed by atoms with Crippen molar-refractivity contribution >= 4 is 29.1 Å². The van der Waals surface area contributed by atoms with Gasteiger partial charge in [-0.05, 0) is 44.0 Å². The predicted octanol–water partition coefficient (Wildman–Crippen LogP) is 3.17. The van der Waals surface area contributed by atoms with E-state index < -0.39 is 0 Å². The van der Waals surface area contributed by atoms with E-state index in [0.29, 0.717) is 18.1 Å². The molecule has 0 saturated carbocycles. The maximum Gasteiger partial charge on any atom is 0.321 e. The van der Waals surface area contributed by atoms with Crippen LogP contribution in [-0.2, 0) is 4.79 Å². The highest BCUT2D eigenvalue weighted by Gasteiger charge is 2.25. The topological polar surface area (TPSA) is 49.4 Å². The number of rotatable bonds is 2. The molecule has 5 heteroatoms. The number of piperidine rings is 1. The highest BCUT2D eigenvalue weighted by Crippen LogP contribution is 2.19. The van der Waals surface area contributed by atoms with E-state index in [-0.39, 0.29) is 17.7 Å². The molecule has 0 spiro atoms. The Bertz CT molecular complexity index is 465. The number of benzene rings is 1. The lowest BCUT2D eigenvalue weighted by Crippen LogP contribution is -2.42. The molecular formula is C14H17ClN2O2. The molecule has 1 aliphatic heterocycles. The Kier molecular flexibility index (Phi) is 4.43. The molecule has 0 atom stereocenters. The van der Waals surface area contributed by atoms with Crippen LogP contribution in [0.5, 0.6) is 0 Å². The van der Waals surface area contributed by atoms with Gasteiger partial charge in [0.25, 0.3) is 0 Å². The summed E-state index contributed by atoms with van der Waals surface area (Å²) in [5.41, 5.74) is 0.725. The van der Waals surface area contributed by atoms with Crippen LogP contribution >= 0.6 is 11.6 Å². The number of carbonyl (C=O) groups is 2. The fraction of sp³-hybridized carbons (Fsp3) is 0.429. The smallest absolute Gasteiger partial charge is 0.321 e. The first-order chi connectivity index (χ1) is 9.06. The highest BCUT2D eigenvalue weighted by molar-refractivity contribution is 6.30. The average Bonchev–Trinajstić information content (AvgIpc) is 2.41. The summed E-state index contributed by atoms with van der Waals surface area (Å²) in [5.74, 6) is 0.331. The lowest BCUT2D eigenvalue weighted by Gasteiger charge is -2.30. The second-order valence-corrected chi connectivity index (χ2v) is 5.25. The summed E-state index contributed by atoms with van der Waals surface area (Å²) in [6.07, 6.45) is 1.51. The van der Waals surface area contributed by atoms with Gasteiger partial charge in [-0.25, -0.2) is 4.79 Å². The Morgan fingerprint density at radius 3 is 2.32 bits per heavy atom. The van der Waals surface area contributed by atoms with E-state index in [4.69, 9.17) is 11.6 Å². The summed E-state index contributed by atoms with van der Waals surface area (Å²) >= 11 is 5.79. The number of carbonyl (C=O) groups excluding carboxylic acids is 2. The lowest BCUT2D eigenvalue weighted by atomic mass is 9.93. The molecule has 1 heterocycles. The molecule has 1 aromatic rings. The third kappa shape index (κ3) is 3.70. The minimum Gasteiger partial charge on any atom is -0.324 e. The molecule has 19 heavy (non-hydrogen) atoms. The molecule has 102 valence electrons. The van der Waals surface area contributed by atoms with Crippen LogP contribution in [0, 0.1) is 5.92 Å². The van der Waals surface area contributed by atoms with Crippen LogP contribution < -0.4 is 5.32 Å². The second-order valence-electron chi connectivity index (χ2n) is 4.81. The molecule has 1 aliphatic rings. The average molecular weight is 281 g/mol. The predicted molar refractivity (Wildman–Crippen MR) is 75.4 cm³/mol. The van der Waals surface area contributed by atoms with Gasteiger partial charge in [-0.3, -0.25) is 4.79 Å². The van der Waals surface area contributed by atoms with E-state index in [9.17, 15) is 9.59 Å². The van der Waals surface area contributed by atoms with Crippen LogP contribution in [0.15, 0.2) is 24.3 Å². The van der Waals surface area contributed by atoms with Crippen LogP contribution in [0.3, 0.4) is 0 Å². The van der Waals surface area contributed by atoms with Crippen molar-refractivity contribution in [2.75, 3.05) is 18.4 Å². The van der Waals surface area contributed by atoms with Crippen LogP contribution in [-0.4, -0.2) is 29.8 Å². The third-order valence-electron chi connectivity index (χ3n) is 3.45. The van der Waals surface area contributed by atoms with Gasteiger partial charge in [0.2, 0.25) is 0 Å². The quantitative estimate of drug-likeness (QED) is 0.904. The zero-order valence-corrected chi connectivity index (χ0v) is 11.6. The van der Waals surface area contributed by atoms with Gasteiger partial charge >= 0.3 is 6.03 Å². The van der Waals surface area contributed by atoms with Crippen LogP contribution in [0.1, 0.15) is 19.8 Å². The van der Waals surface area contributed by atoms with Crippen molar-refractivity contribution in [3.05, 3.63) is 29.3 Å². The first-order valence-electron chi connectivity index (χ1n) is 6.38. The molecule has 0 aliphatic carbocycles. The van der Waals surface area contributed by atoms with Gasteiger partial charge in [0.1, 0.15) is 5.78 Å². The molecule has 1 saturated heterocycles. The monoisotopic (exact) mass is 280 g/mol. The minimum atomic E-state index is -0.121. The number of nitrogens with zero attached hydrogens (tertiary/aromatic N) is 1. The number of hydrogen-bond acceptors (Lipinski definition) is 2. The normalized spacial score (nSPS) is 16.2. The molecule has 1 aromatic carbocycles. The number of ketones is 1. The number of nitrogens with one attached hydrogen (secondary N) is 1. The first-order valence-corrected chi connectivity index (χ1v) is 6.76. The van der Waals surface area contributed by atoms with E-state index >= 15 is 0 Å². The fourth-order valence-corrected chi connectivity index (χ4v) is 2.35. The van der Waals surface area contributed by atoms with Crippen molar-refractivity contribution in [3.8, 4) is 0 Å². The van der Waals surface area contributed by atoms with Gasteiger partial charge < -0.3 is 10.2 Å². The Hall–Kier alpha value is -1.55. The summed E-state index contributed by atoms with van der Waals surface area (Å²) in [5, 5.41) is 3.47. The zero-order chi connectivity index (χ0) is 13.8. The largest absolute Gasteiger partial charge is 0.324 e. The van der Waals surface area contributed by atoms with E-state index in [1.165, 1.54) is 0 Å². The molecule has 1 fully saturated rings. The molecule has 1 N–H and O–H groups in total. The number of amides is 2. The Labute approximate surface area is 117 Å². The fourth-order valence-electron chi connectivity index (χ4n) is 2.22. The SMILES string of the molecule is CC(=O)C1CCN(C(=O)Nc2ccc(Cl)cc2)CC1. The summed E-state index contributed by atoms with van der Waals surface area (Å²) in [7, 11) is 0. The lowest BCUT2D eigenvalue weighted by molar-refractivity contribution is -0.121. The van der Waals surface area contributed by atoms with Gasteiger partial charge in [0.05, 0.1) is 0 Å². The van der Waals surface area contributed by atoms with Gasteiger partial charge in [-0.2, -0.15) is 0 Å². The molecule has 0 bridgehead atoms. The maximum atomic E-state index is 12.0. The number of likely N-dealkylation sites (tertiary alicyclic amines) is 1. The highest BCUT2D eigenvalue weighted by atomic mass is 35.5. The number of anilines is 1. The van der Waals surface area contributed by atoms with E-state index in [1.807, 2.05) is 0 Å². The number of hydrogen-bond donors (Lipinski definition) is 1. The first kappa shape index (κ1) is 13.9. The van der Waals surface area contributed by atoms with Gasteiger partial charge in [-0.1, -0.05) is 11.6 Å². The van der Waals surface area contributed by atoms with E-state index in [0.717, 1.165) is 18.5 Å². The Morgan fingerprint density at radius 2 is 1.79 bits per heavy atom. The van der Waals surface area contributed by atoms with Crippen molar-refractivity contribution in [1.29, 1.82) is 0 Å². The molecular weight excluding hydrogens is 264 g/mol. The maximum absolute atomic E-state index is 12.0. The molecule has 2 amide bonds. The van der Waals surface area contributed by atoms with Gasteiger partial charge in [-0.15, -0.1) is 0 Å². The van der Waals surface area contributed by atoms with E-state index in [2.05, 4.69) is 5.32 Å². The van der Waals surface area contributed by atoms with Crippen LogP contribution in [0.4, 0.5) is 10.5 Å². The zero-order valence-electron chi connectivity index (χ0n) is 10.9. The van der Waals surface area contributed by atoms with Crippen molar-refractivity contribution in [1.82, 2.24) is 4.90 Å². The van der Waals surface area contributed by atoms with E-state index in [1.54, 1.807) is 36.1 Å². The molecule has 2 rings (SSSR count). The molecule has 0 unspecified atom stereocenters. The van der Waals surface area contributed by atoms with Gasteiger partial charge in [0.15, 0.2) is 0 Å². The summed E-state index contributed by atoms with van der Waals surface area (Å²) in [6, 6.07) is 6.88. The van der Waals surface area contributed by atoms with Crippen molar-refractivity contribution in [2.24, 2.45) is 5.92 Å². The van der Waals surface area contributed by atoms with Gasteiger partial charge in [0, 0.05) is 29.7 Å². The second kappa shape index (κ2) is 6.06. The number of halogens is 1.